The van der Waals surface area contributed by atoms with Crippen molar-refractivity contribution in [2.24, 2.45) is 4.99 Å². The van der Waals surface area contributed by atoms with Gasteiger partial charge in [0.25, 0.3) is 0 Å². The van der Waals surface area contributed by atoms with Crippen molar-refractivity contribution < 1.29 is 0 Å². The lowest BCUT2D eigenvalue weighted by Crippen LogP contribution is -2.38. The standard InChI is InChI=1S/C14H20N4S2.HI/c1-10(12-4-5-19-9-12)6-17-14(15-3)18-8-13-16-7-11(2)20-13;/h4-5,7,9-10H,6,8H2,1-3H3,(H2,15,17,18);1H. The number of nitrogens with zero attached hydrogens (tertiary/aromatic N) is 2. The van der Waals surface area contributed by atoms with Gasteiger partial charge in [-0.2, -0.15) is 11.3 Å². The average Bonchev–Trinajstić information content (AvgIpc) is 3.10. The van der Waals surface area contributed by atoms with Crippen LogP contribution in [-0.4, -0.2) is 24.5 Å². The number of aromatic nitrogens is 1. The van der Waals surface area contributed by atoms with Crippen molar-refractivity contribution in [3.05, 3.63) is 38.5 Å². The van der Waals surface area contributed by atoms with Crippen LogP contribution in [0.5, 0.6) is 0 Å². The summed E-state index contributed by atoms with van der Waals surface area (Å²) >= 11 is 3.44. The summed E-state index contributed by atoms with van der Waals surface area (Å²) in [4.78, 5) is 9.80. The van der Waals surface area contributed by atoms with Crippen LogP contribution in [0, 0.1) is 6.92 Å². The highest BCUT2D eigenvalue weighted by molar-refractivity contribution is 14.0. The minimum atomic E-state index is 0. The zero-order valence-electron chi connectivity index (χ0n) is 12.4. The molecular formula is C14H21IN4S2. The Bertz CT molecular complexity index is 551. The minimum absolute atomic E-state index is 0. The van der Waals surface area contributed by atoms with E-state index in [1.165, 1.54) is 10.4 Å². The molecule has 0 radical (unpaired) electrons. The van der Waals surface area contributed by atoms with Gasteiger partial charge in [0.15, 0.2) is 5.96 Å². The van der Waals surface area contributed by atoms with E-state index < -0.39 is 0 Å². The maximum absolute atomic E-state index is 4.33. The summed E-state index contributed by atoms with van der Waals surface area (Å²) in [6.07, 6.45) is 1.90. The molecule has 116 valence electrons. The second-order valence-corrected chi connectivity index (χ2v) is 6.73. The lowest BCUT2D eigenvalue weighted by atomic mass is 10.1. The van der Waals surface area contributed by atoms with E-state index >= 15 is 0 Å². The molecule has 0 aliphatic heterocycles. The SMILES string of the molecule is CN=C(NCc1ncc(C)s1)NCC(C)c1ccsc1.I. The molecule has 2 aromatic rings. The molecule has 1 atom stereocenters. The smallest absolute Gasteiger partial charge is 0.191 e. The van der Waals surface area contributed by atoms with E-state index in [1.807, 2.05) is 6.20 Å². The van der Waals surface area contributed by atoms with Gasteiger partial charge in [0.05, 0.1) is 6.54 Å². The summed E-state index contributed by atoms with van der Waals surface area (Å²) < 4.78 is 0. The lowest BCUT2D eigenvalue weighted by molar-refractivity contribution is 0.700. The van der Waals surface area contributed by atoms with Crippen LogP contribution in [0.2, 0.25) is 0 Å². The average molecular weight is 436 g/mol. The Morgan fingerprint density at radius 1 is 1.43 bits per heavy atom. The number of halogens is 1. The molecule has 0 aliphatic carbocycles. The number of hydrogen-bond acceptors (Lipinski definition) is 4. The van der Waals surface area contributed by atoms with Gasteiger partial charge >= 0.3 is 0 Å². The first-order valence-electron chi connectivity index (χ1n) is 6.57. The van der Waals surface area contributed by atoms with Gasteiger partial charge in [-0.1, -0.05) is 6.92 Å². The molecule has 0 bridgehead atoms. The number of rotatable bonds is 5. The molecule has 4 nitrogen and oxygen atoms in total. The number of guanidine groups is 1. The summed E-state index contributed by atoms with van der Waals surface area (Å²) in [6.45, 7) is 5.86. The summed E-state index contributed by atoms with van der Waals surface area (Å²) in [5.41, 5.74) is 1.37. The molecular weight excluding hydrogens is 415 g/mol. The summed E-state index contributed by atoms with van der Waals surface area (Å²) in [5, 5.41) is 12.0. The number of thiazole rings is 1. The van der Waals surface area contributed by atoms with Gasteiger partial charge in [-0.25, -0.2) is 4.98 Å². The van der Waals surface area contributed by atoms with E-state index in [4.69, 9.17) is 0 Å². The predicted molar refractivity (Wildman–Crippen MR) is 103 cm³/mol. The van der Waals surface area contributed by atoms with Crippen molar-refractivity contribution in [3.63, 3.8) is 0 Å². The molecule has 0 aliphatic rings. The number of thiophene rings is 1. The monoisotopic (exact) mass is 436 g/mol. The van der Waals surface area contributed by atoms with E-state index in [0.717, 1.165) is 17.5 Å². The molecule has 2 aromatic heterocycles. The highest BCUT2D eigenvalue weighted by Gasteiger charge is 2.07. The Labute approximate surface area is 151 Å². The van der Waals surface area contributed by atoms with Gasteiger partial charge in [-0.3, -0.25) is 4.99 Å². The van der Waals surface area contributed by atoms with E-state index in [-0.39, 0.29) is 24.0 Å². The van der Waals surface area contributed by atoms with Crippen LogP contribution in [0.15, 0.2) is 28.0 Å². The first-order valence-corrected chi connectivity index (χ1v) is 8.33. The number of aryl methyl sites for hydroxylation is 1. The van der Waals surface area contributed by atoms with Gasteiger partial charge in [0.1, 0.15) is 5.01 Å². The Kier molecular flexibility index (Phi) is 8.20. The Balaban J connectivity index is 0.00000220. The molecule has 0 saturated carbocycles. The topological polar surface area (TPSA) is 49.3 Å². The Hall–Kier alpha value is -0.670. The second kappa shape index (κ2) is 9.37. The lowest BCUT2D eigenvalue weighted by Gasteiger charge is -2.14. The fourth-order valence-electron chi connectivity index (χ4n) is 1.79. The molecule has 2 N–H and O–H groups in total. The normalized spacial score (nSPS) is 12.6. The summed E-state index contributed by atoms with van der Waals surface area (Å²) in [7, 11) is 1.79. The highest BCUT2D eigenvalue weighted by Crippen LogP contribution is 2.17. The molecule has 0 saturated heterocycles. The molecule has 0 spiro atoms. The van der Waals surface area contributed by atoms with Gasteiger partial charge in [-0.05, 0) is 35.2 Å². The zero-order valence-corrected chi connectivity index (χ0v) is 16.4. The second-order valence-electron chi connectivity index (χ2n) is 4.63. The zero-order chi connectivity index (χ0) is 14.4. The third kappa shape index (κ3) is 5.91. The van der Waals surface area contributed by atoms with Crippen LogP contribution in [-0.2, 0) is 6.54 Å². The van der Waals surface area contributed by atoms with Crippen molar-refractivity contribution in [2.45, 2.75) is 26.3 Å². The number of aliphatic imine (C=N–C) groups is 1. The van der Waals surface area contributed by atoms with E-state index in [0.29, 0.717) is 12.5 Å². The fourth-order valence-corrected chi connectivity index (χ4v) is 3.30. The van der Waals surface area contributed by atoms with E-state index in [2.05, 4.69) is 51.3 Å². The van der Waals surface area contributed by atoms with Gasteiger partial charge in [0.2, 0.25) is 0 Å². The van der Waals surface area contributed by atoms with E-state index in [1.54, 1.807) is 29.7 Å². The van der Waals surface area contributed by atoms with Crippen LogP contribution < -0.4 is 10.6 Å². The quantitative estimate of drug-likeness (QED) is 0.428. The Morgan fingerprint density at radius 2 is 2.24 bits per heavy atom. The maximum atomic E-state index is 4.33. The molecule has 2 heterocycles. The van der Waals surface area contributed by atoms with Gasteiger partial charge < -0.3 is 10.6 Å². The van der Waals surface area contributed by atoms with Crippen LogP contribution in [0.3, 0.4) is 0 Å². The number of nitrogens with one attached hydrogen (secondary N) is 2. The first kappa shape index (κ1) is 18.4. The molecule has 2 rings (SSSR count). The van der Waals surface area contributed by atoms with Gasteiger partial charge in [-0.15, -0.1) is 35.3 Å². The fraction of sp³-hybridized carbons (Fsp3) is 0.429. The molecule has 7 heteroatoms. The molecule has 0 fully saturated rings. The maximum Gasteiger partial charge on any atom is 0.191 e. The van der Waals surface area contributed by atoms with E-state index in [9.17, 15) is 0 Å². The van der Waals surface area contributed by atoms with Crippen LogP contribution >= 0.6 is 46.7 Å². The molecule has 0 amide bonds. The van der Waals surface area contributed by atoms with Gasteiger partial charge in [0, 0.05) is 24.7 Å². The van der Waals surface area contributed by atoms with Crippen LogP contribution in [0.4, 0.5) is 0 Å². The van der Waals surface area contributed by atoms with Crippen LogP contribution in [0.25, 0.3) is 0 Å². The molecule has 21 heavy (non-hydrogen) atoms. The minimum Gasteiger partial charge on any atom is -0.356 e. The third-order valence-corrected chi connectivity index (χ3v) is 4.60. The third-order valence-electron chi connectivity index (χ3n) is 2.99. The highest BCUT2D eigenvalue weighted by atomic mass is 127. The van der Waals surface area contributed by atoms with Crippen molar-refractivity contribution in [1.29, 1.82) is 0 Å². The van der Waals surface area contributed by atoms with Crippen molar-refractivity contribution >= 4 is 52.6 Å². The largest absolute Gasteiger partial charge is 0.356 e. The Morgan fingerprint density at radius 3 is 2.81 bits per heavy atom. The van der Waals surface area contributed by atoms with Crippen molar-refractivity contribution in [3.8, 4) is 0 Å². The summed E-state index contributed by atoms with van der Waals surface area (Å²) in [5.74, 6) is 1.29. The number of hydrogen-bond donors (Lipinski definition) is 2. The summed E-state index contributed by atoms with van der Waals surface area (Å²) in [6, 6.07) is 2.17. The molecule has 0 aromatic carbocycles. The van der Waals surface area contributed by atoms with Crippen molar-refractivity contribution in [2.75, 3.05) is 13.6 Å². The predicted octanol–water partition coefficient (Wildman–Crippen LogP) is 3.60. The first-order chi connectivity index (χ1) is 9.69. The molecule has 1 unspecified atom stereocenters. The van der Waals surface area contributed by atoms with Crippen LogP contribution in [0.1, 0.15) is 28.3 Å². The van der Waals surface area contributed by atoms with Crippen molar-refractivity contribution in [1.82, 2.24) is 15.6 Å².